The van der Waals surface area contributed by atoms with Gasteiger partial charge in [-0.15, -0.1) is 0 Å². The number of carbonyl (C=O) groups excluding carboxylic acids is 7. The fourth-order valence-electron chi connectivity index (χ4n) is 6.65. The first-order chi connectivity index (χ1) is 30.3. The minimum Gasteiger partial charge on any atom is -0.376 e. The number of nitrogens with zero attached hydrogens (tertiary/aromatic N) is 2. The van der Waals surface area contributed by atoms with Gasteiger partial charge in [-0.25, -0.2) is 0 Å². The number of hydrogen-bond acceptors (Lipinski definition) is 11. The quantitative estimate of drug-likeness (QED) is 0.0713. The third-order valence-corrected chi connectivity index (χ3v) is 10.5. The molecule has 0 aliphatic carbocycles. The molecular formula is C42H64N14O8. The van der Waals surface area contributed by atoms with Gasteiger partial charge < -0.3 is 65.3 Å². The molecule has 0 saturated carbocycles. The van der Waals surface area contributed by atoms with Crippen molar-refractivity contribution in [2.24, 2.45) is 50.7 Å². The number of aliphatic hydroxyl groups is 1. The van der Waals surface area contributed by atoms with E-state index < -0.39 is 103 Å². The highest BCUT2D eigenvalue weighted by Gasteiger charge is 2.34. The van der Waals surface area contributed by atoms with Gasteiger partial charge in [-0.2, -0.15) is 0 Å². The predicted molar refractivity (Wildman–Crippen MR) is 239 cm³/mol. The molecule has 0 radical (unpaired) electrons. The Balaban J connectivity index is 2.00. The van der Waals surface area contributed by atoms with E-state index in [1.54, 1.807) is 81.4 Å². The van der Waals surface area contributed by atoms with Crippen LogP contribution in [0.25, 0.3) is 0 Å². The molecule has 7 amide bonds. The summed E-state index contributed by atoms with van der Waals surface area (Å²) in [7, 11) is 0. The first-order valence-electron chi connectivity index (χ1n) is 21.0. The maximum Gasteiger partial charge on any atom is 0.243 e. The molecule has 17 N–H and O–H groups in total. The van der Waals surface area contributed by atoms with Gasteiger partial charge in [-0.3, -0.25) is 48.9 Å². The summed E-state index contributed by atoms with van der Waals surface area (Å²) in [5, 5.41) is 32.3. The lowest BCUT2D eigenvalue weighted by molar-refractivity contribution is -0.134. The predicted octanol–water partition coefficient (Wildman–Crippen LogP) is -4.09. The Labute approximate surface area is 372 Å². The van der Waals surface area contributed by atoms with E-state index in [-0.39, 0.29) is 56.1 Å². The molecule has 1 aliphatic heterocycles. The van der Waals surface area contributed by atoms with Crippen LogP contribution in [0.4, 0.5) is 0 Å². The van der Waals surface area contributed by atoms with E-state index in [0.717, 1.165) is 0 Å². The molecule has 1 aliphatic rings. The Morgan fingerprint density at radius 3 is 1.69 bits per heavy atom. The van der Waals surface area contributed by atoms with Gasteiger partial charge in [-0.05, 0) is 42.2 Å². The standard InChI is InChI=1S/C42H64N14O8/c1-23(18-50-41(43)44)15-29-37(61)49-22-34(59)56-35(25(3)24(2)19-51-42(45)46)40(64)52-26(4)36(60)47-20-32(57)54-31(17-28-13-9-6-10-14-28)39(63)55-30(16-27-11-7-5-8-12-27)38(62)48-21-33(58)53-29/h5-14,23-26,29-31,35,37,49,61H,15-22H2,1-4H3,(H,47,60)(H,48,62)(H,52,64)(H,53,58)(H,54,57)(H,55,63)(H,56,59)(H4,43,44,50)(H4,45,46,51)/t23?,24?,25-,26+,29-,30+,31-,35-,37?/m1/s1. The van der Waals surface area contributed by atoms with Gasteiger partial charge in [0.15, 0.2) is 11.9 Å². The number of carbonyl (C=O) groups is 7. The number of aliphatic hydroxyl groups excluding tert-OH is 1. The Morgan fingerprint density at radius 1 is 0.625 bits per heavy atom. The van der Waals surface area contributed by atoms with E-state index >= 15 is 0 Å². The number of nitrogens with one attached hydrogen (secondary N) is 8. The van der Waals surface area contributed by atoms with E-state index in [1.807, 2.05) is 0 Å². The summed E-state index contributed by atoms with van der Waals surface area (Å²) in [5.41, 5.74) is 23.4. The Bertz CT molecular complexity index is 1950. The zero-order valence-corrected chi connectivity index (χ0v) is 36.6. The van der Waals surface area contributed by atoms with Crippen molar-refractivity contribution >= 4 is 53.3 Å². The van der Waals surface area contributed by atoms with Crippen molar-refractivity contribution < 1.29 is 38.7 Å². The highest BCUT2D eigenvalue weighted by molar-refractivity contribution is 5.96. The van der Waals surface area contributed by atoms with Crippen LogP contribution in [0.1, 0.15) is 45.2 Å². The maximum atomic E-state index is 14.0. The summed E-state index contributed by atoms with van der Waals surface area (Å²) in [4.78, 5) is 103. The molecule has 350 valence electrons. The molecule has 2 aromatic rings. The zero-order valence-electron chi connectivity index (χ0n) is 36.6. The van der Waals surface area contributed by atoms with Crippen molar-refractivity contribution in [2.75, 3.05) is 32.7 Å². The highest BCUT2D eigenvalue weighted by Crippen LogP contribution is 2.17. The van der Waals surface area contributed by atoms with Gasteiger partial charge in [0.1, 0.15) is 30.4 Å². The first-order valence-corrected chi connectivity index (χ1v) is 21.0. The number of guanidine groups is 2. The molecule has 0 bridgehead atoms. The van der Waals surface area contributed by atoms with Crippen molar-refractivity contribution in [2.45, 2.75) is 83.4 Å². The van der Waals surface area contributed by atoms with E-state index in [4.69, 9.17) is 22.9 Å². The molecule has 2 aromatic carbocycles. The Morgan fingerprint density at radius 2 is 1.12 bits per heavy atom. The number of rotatable bonds is 12. The minimum absolute atomic E-state index is 0.00710. The molecule has 1 heterocycles. The van der Waals surface area contributed by atoms with Crippen LogP contribution in [-0.4, -0.2) is 128 Å². The van der Waals surface area contributed by atoms with Crippen molar-refractivity contribution in [3.05, 3.63) is 71.8 Å². The summed E-state index contributed by atoms with van der Waals surface area (Å²) >= 11 is 0. The summed E-state index contributed by atoms with van der Waals surface area (Å²) < 4.78 is 0. The average molecular weight is 893 g/mol. The van der Waals surface area contributed by atoms with Crippen LogP contribution >= 0.6 is 0 Å². The lowest BCUT2D eigenvalue weighted by atomic mass is 9.88. The summed E-state index contributed by atoms with van der Waals surface area (Å²) in [6.07, 6.45) is -1.44. The monoisotopic (exact) mass is 893 g/mol. The summed E-state index contributed by atoms with van der Waals surface area (Å²) in [5.74, 6) is -6.78. The molecule has 1 fully saturated rings. The zero-order chi connectivity index (χ0) is 47.3. The van der Waals surface area contributed by atoms with E-state index in [9.17, 15) is 38.7 Å². The smallest absolute Gasteiger partial charge is 0.243 e. The third-order valence-electron chi connectivity index (χ3n) is 10.5. The van der Waals surface area contributed by atoms with Gasteiger partial charge in [0.25, 0.3) is 0 Å². The number of aliphatic imine (C=N–C) groups is 2. The van der Waals surface area contributed by atoms with Crippen molar-refractivity contribution in [1.29, 1.82) is 0 Å². The van der Waals surface area contributed by atoms with E-state index in [2.05, 4.69) is 52.5 Å². The van der Waals surface area contributed by atoms with Crippen molar-refractivity contribution in [1.82, 2.24) is 42.5 Å². The second-order valence-electron chi connectivity index (χ2n) is 16.0. The lowest BCUT2D eigenvalue weighted by Gasteiger charge is -2.30. The van der Waals surface area contributed by atoms with Crippen LogP contribution in [0.5, 0.6) is 0 Å². The SMILES string of the molecule is CC(CN=C(N)N)C[C@H]1NC(=O)CNC(=O)[C@H](Cc2ccccc2)NC(=O)[C@@H](Cc2ccccc2)NC(=O)CNC(=O)[C@H](C)NC(=O)[C@@H]([C@H](C)C(C)CN=C(N)N)NC(=O)CNC1O. The second-order valence-corrected chi connectivity index (χ2v) is 16.0. The van der Waals surface area contributed by atoms with Gasteiger partial charge in [0.2, 0.25) is 41.4 Å². The molecule has 22 heteroatoms. The number of nitrogens with two attached hydrogens (primary N) is 4. The van der Waals surface area contributed by atoms with Crippen LogP contribution in [0.2, 0.25) is 0 Å². The van der Waals surface area contributed by atoms with Crippen molar-refractivity contribution in [3.63, 3.8) is 0 Å². The molecule has 1 saturated heterocycles. The average Bonchev–Trinajstić information content (AvgIpc) is 3.26. The van der Waals surface area contributed by atoms with Crippen LogP contribution < -0.4 is 65.5 Å². The van der Waals surface area contributed by atoms with Crippen LogP contribution in [0, 0.1) is 17.8 Å². The summed E-state index contributed by atoms with van der Waals surface area (Å²) in [6, 6.07) is 11.6. The molecular weight excluding hydrogens is 829 g/mol. The van der Waals surface area contributed by atoms with E-state index in [1.165, 1.54) is 6.92 Å². The number of amides is 7. The molecule has 22 nitrogen and oxygen atoms in total. The van der Waals surface area contributed by atoms with Crippen LogP contribution in [0.3, 0.4) is 0 Å². The first kappa shape index (κ1) is 51.5. The lowest BCUT2D eigenvalue weighted by Crippen LogP contribution is -2.59. The van der Waals surface area contributed by atoms with Gasteiger partial charge in [0.05, 0.1) is 25.7 Å². The summed E-state index contributed by atoms with van der Waals surface area (Å²) in [6.45, 7) is 5.11. The molecule has 0 spiro atoms. The Hall–Kier alpha value is -6.81. The third kappa shape index (κ3) is 18.3. The second kappa shape index (κ2) is 26.0. The van der Waals surface area contributed by atoms with Crippen LogP contribution in [0.15, 0.2) is 70.6 Å². The van der Waals surface area contributed by atoms with Crippen molar-refractivity contribution in [3.8, 4) is 0 Å². The van der Waals surface area contributed by atoms with Gasteiger partial charge in [0, 0.05) is 25.9 Å². The molecule has 3 unspecified atom stereocenters. The topological polar surface area (TPSA) is 365 Å². The van der Waals surface area contributed by atoms with Gasteiger partial charge in [-0.1, -0.05) is 81.4 Å². The highest BCUT2D eigenvalue weighted by atomic mass is 16.3. The van der Waals surface area contributed by atoms with Gasteiger partial charge >= 0.3 is 0 Å². The normalized spacial score (nSPS) is 24.0. The molecule has 9 atom stereocenters. The number of hydrogen-bond donors (Lipinski definition) is 13. The van der Waals surface area contributed by atoms with E-state index in [0.29, 0.717) is 11.1 Å². The molecule has 3 rings (SSSR count). The fourth-order valence-corrected chi connectivity index (χ4v) is 6.65. The fraction of sp³-hybridized carbons (Fsp3) is 0.500. The maximum absolute atomic E-state index is 14.0. The van der Waals surface area contributed by atoms with Crippen LogP contribution in [-0.2, 0) is 46.4 Å². The largest absolute Gasteiger partial charge is 0.376 e. The minimum atomic E-state index is -1.55. The molecule has 64 heavy (non-hydrogen) atoms. The number of benzene rings is 2. The Kier molecular flexibility index (Phi) is 20.9. The molecule has 0 aromatic heterocycles.